The molecule has 0 aromatic heterocycles. The number of benzene rings is 3. The lowest BCUT2D eigenvalue weighted by molar-refractivity contribution is 0.302. The van der Waals surface area contributed by atoms with Gasteiger partial charge in [0.1, 0.15) is 12.4 Å². The highest BCUT2D eigenvalue weighted by Gasteiger charge is 2.09. The van der Waals surface area contributed by atoms with Gasteiger partial charge >= 0.3 is 0 Å². The van der Waals surface area contributed by atoms with Gasteiger partial charge in [-0.1, -0.05) is 47.5 Å². The third kappa shape index (κ3) is 6.24. The molecule has 0 radical (unpaired) electrons. The standard InChI is InChI=1S/C21H16Br2Cl2N2O/c22-19-9-16(12-27-26-11-14-1-5-17(24)6-2-14)10-20(23)21(19)28-13-15-3-7-18(25)8-4-15/h1-10,12,26H,11,13H2/b27-12-. The Labute approximate surface area is 191 Å². The topological polar surface area (TPSA) is 33.6 Å². The van der Waals surface area contributed by atoms with E-state index in [0.717, 1.165) is 36.4 Å². The van der Waals surface area contributed by atoms with Crippen LogP contribution in [0.15, 0.2) is 74.7 Å². The first kappa shape index (κ1) is 21.2. The van der Waals surface area contributed by atoms with Gasteiger partial charge in [0.2, 0.25) is 0 Å². The first-order valence-electron chi connectivity index (χ1n) is 8.38. The Morgan fingerprint density at radius 2 is 1.39 bits per heavy atom. The van der Waals surface area contributed by atoms with Crippen molar-refractivity contribution in [2.24, 2.45) is 5.10 Å². The molecule has 0 spiro atoms. The Bertz CT molecular complexity index is 938. The van der Waals surface area contributed by atoms with Gasteiger partial charge in [0.25, 0.3) is 0 Å². The van der Waals surface area contributed by atoms with Gasteiger partial charge in [-0.25, -0.2) is 0 Å². The Morgan fingerprint density at radius 1 is 0.857 bits per heavy atom. The first-order valence-corrected chi connectivity index (χ1v) is 10.7. The zero-order valence-electron chi connectivity index (χ0n) is 14.6. The van der Waals surface area contributed by atoms with Crippen molar-refractivity contribution < 1.29 is 4.74 Å². The Hall–Kier alpha value is -1.53. The molecule has 0 atom stereocenters. The van der Waals surface area contributed by atoms with Gasteiger partial charge < -0.3 is 10.2 Å². The number of halogens is 4. The summed E-state index contributed by atoms with van der Waals surface area (Å²) in [5.74, 6) is 0.737. The van der Waals surface area contributed by atoms with Crippen LogP contribution in [0, 0.1) is 0 Å². The minimum Gasteiger partial charge on any atom is -0.487 e. The molecule has 0 amide bonds. The maximum Gasteiger partial charge on any atom is 0.148 e. The molecule has 0 fully saturated rings. The van der Waals surface area contributed by atoms with Crippen molar-refractivity contribution in [3.63, 3.8) is 0 Å². The summed E-state index contributed by atoms with van der Waals surface area (Å²) in [5, 5.41) is 5.70. The van der Waals surface area contributed by atoms with E-state index in [1.807, 2.05) is 60.7 Å². The second-order valence-corrected chi connectivity index (χ2v) is 8.53. The summed E-state index contributed by atoms with van der Waals surface area (Å²) in [7, 11) is 0. The molecule has 3 aromatic carbocycles. The Morgan fingerprint density at radius 3 is 1.96 bits per heavy atom. The van der Waals surface area contributed by atoms with Crippen molar-refractivity contribution in [3.05, 3.63) is 96.3 Å². The van der Waals surface area contributed by atoms with Gasteiger partial charge in [-0.15, -0.1) is 0 Å². The quantitative estimate of drug-likeness (QED) is 0.252. The number of hydrazone groups is 1. The van der Waals surface area contributed by atoms with Crippen LogP contribution in [0.1, 0.15) is 16.7 Å². The summed E-state index contributed by atoms with van der Waals surface area (Å²) in [4.78, 5) is 0. The van der Waals surface area contributed by atoms with E-state index in [-0.39, 0.29) is 0 Å². The van der Waals surface area contributed by atoms with Crippen LogP contribution < -0.4 is 10.2 Å². The van der Waals surface area contributed by atoms with Crippen LogP contribution in [-0.2, 0) is 13.2 Å². The maximum atomic E-state index is 5.93. The fraction of sp³-hybridized carbons (Fsp3) is 0.0952. The van der Waals surface area contributed by atoms with Crippen LogP contribution in [0.4, 0.5) is 0 Å². The number of rotatable bonds is 7. The van der Waals surface area contributed by atoms with Crippen molar-refractivity contribution in [1.29, 1.82) is 0 Å². The van der Waals surface area contributed by atoms with E-state index in [0.29, 0.717) is 18.2 Å². The highest BCUT2D eigenvalue weighted by Crippen LogP contribution is 2.35. The number of nitrogens with zero attached hydrogens (tertiary/aromatic N) is 1. The summed E-state index contributed by atoms with van der Waals surface area (Å²) in [6.07, 6.45) is 1.76. The Kier molecular flexibility index (Phi) is 7.80. The smallest absolute Gasteiger partial charge is 0.148 e. The largest absolute Gasteiger partial charge is 0.487 e. The highest BCUT2D eigenvalue weighted by molar-refractivity contribution is 9.11. The molecule has 3 aromatic rings. The van der Waals surface area contributed by atoms with E-state index >= 15 is 0 Å². The van der Waals surface area contributed by atoms with E-state index in [1.54, 1.807) is 6.21 Å². The third-order valence-corrected chi connectivity index (χ3v) is 5.50. The molecule has 0 saturated carbocycles. The van der Waals surface area contributed by atoms with Crippen LogP contribution >= 0.6 is 55.1 Å². The average molecular weight is 543 g/mol. The van der Waals surface area contributed by atoms with Gasteiger partial charge in [-0.3, -0.25) is 0 Å². The van der Waals surface area contributed by atoms with E-state index in [9.17, 15) is 0 Å². The van der Waals surface area contributed by atoms with E-state index < -0.39 is 0 Å². The van der Waals surface area contributed by atoms with Gasteiger partial charge in [0.05, 0.1) is 21.7 Å². The molecule has 0 aliphatic rings. The predicted octanol–water partition coefficient (Wildman–Crippen LogP) is 7.22. The zero-order valence-corrected chi connectivity index (χ0v) is 19.3. The molecule has 3 nitrogen and oxygen atoms in total. The van der Waals surface area contributed by atoms with Crippen molar-refractivity contribution in [2.45, 2.75) is 13.2 Å². The summed E-state index contributed by atoms with van der Waals surface area (Å²) in [6, 6.07) is 19.1. The number of hydrogen-bond acceptors (Lipinski definition) is 3. The molecule has 1 N–H and O–H groups in total. The lowest BCUT2D eigenvalue weighted by atomic mass is 10.2. The number of nitrogens with one attached hydrogen (secondary N) is 1. The first-order chi connectivity index (χ1) is 13.5. The number of hydrogen-bond donors (Lipinski definition) is 1. The molecule has 28 heavy (non-hydrogen) atoms. The molecule has 0 saturated heterocycles. The molecule has 0 aliphatic carbocycles. The third-order valence-electron chi connectivity index (χ3n) is 3.82. The van der Waals surface area contributed by atoms with E-state index in [1.165, 1.54) is 0 Å². The fourth-order valence-corrected chi connectivity index (χ4v) is 4.09. The molecule has 144 valence electrons. The van der Waals surface area contributed by atoms with Crippen molar-refractivity contribution in [2.75, 3.05) is 0 Å². The lowest BCUT2D eigenvalue weighted by Gasteiger charge is -2.11. The fourth-order valence-electron chi connectivity index (χ4n) is 2.39. The zero-order chi connectivity index (χ0) is 19.9. The van der Waals surface area contributed by atoms with E-state index in [2.05, 4.69) is 42.4 Å². The lowest BCUT2D eigenvalue weighted by Crippen LogP contribution is -2.05. The molecule has 0 unspecified atom stereocenters. The van der Waals surface area contributed by atoms with E-state index in [4.69, 9.17) is 27.9 Å². The molecule has 3 rings (SSSR count). The molecular weight excluding hydrogens is 527 g/mol. The Balaban J connectivity index is 1.59. The summed E-state index contributed by atoms with van der Waals surface area (Å²) >= 11 is 18.9. The van der Waals surface area contributed by atoms with Gasteiger partial charge in [0.15, 0.2) is 0 Å². The SMILES string of the molecule is Clc1ccc(CN/N=C\c2cc(Br)c(OCc3ccc(Cl)cc3)c(Br)c2)cc1. The average Bonchev–Trinajstić information content (AvgIpc) is 2.67. The summed E-state index contributed by atoms with van der Waals surface area (Å²) in [5.41, 5.74) is 6.11. The van der Waals surface area contributed by atoms with Crippen molar-refractivity contribution >= 4 is 61.3 Å². The van der Waals surface area contributed by atoms with Crippen LogP contribution in [0.2, 0.25) is 10.0 Å². The summed E-state index contributed by atoms with van der Waals surface area (Å²) in [6.45, 7) is 1.07. The van der Waals surface area contributed by atoms with Crippen molar-refractivity contribution in [1.82, 2.24) is 5.43 Å². The monoisotopic (exact) mass is 540 g/mol. The molecule has 0 bridgehead atoms. The van der Waals surface area contributed by atoms with Gasteiger partial charge in [0, 0.05) is 10.0 Å². The molecule has 7 heteroatoms. The van der Waals surface area contributed by atoms with Gasteiger partial charge in [-0.05, 0) is 84.9 Å². The normalized spacial score (nSPS) is 11.0. The van der Waals surface area contributed by atoms with Crippen LogP contribution in [-0.4, -0.2) is 6.21 Å². The van der Waals surface area contributed by atoms with Crippen molar-refractivity contribution in [3.8, 4) is 5.75 Å². The second kappa shape index (κ2) is 10.3. The number of ether oxygens (including phenoxy) is 1. The summed E-state index contributed by atoms with van der Waals surface area (Å²) < 4.78 is 7.62. The van der Waals surface area contributed by atoms with Gasteiger partial charge in [-0.2, -0.15) is 5.10 Å². The minimum atomic E-state index is 0.449. The molecular formula is C21H16Br2Cl2N2O. The molecule has 0 aliphatic heterocycles. The highest BCUT2D eigenvalue weighted by atomic mass is 79.9. The minimum absolute atomic E-state index is 0.449. The maximum absolute atomic E-state index is 5.93. The van der Waals surface area contributed by atoms with Crippen LogP contribution in [0.3, 0.4) is 0 Å². The second-order valence-electron chi connectivity index (χ2n) is 5.95. The van der Waals surface area contributed by atoms with Crippen LogP contribution in [0.25, 0.3) is 0 Å². The molecule has 0 heterocycles. The van der Waals surface area contributed by atoms with Crippen LogP contribution in [0.5, 0.6) is 5.75 Å². The predicted molar refractivity (Wildman–Crippen MR) is 124 cm³/mol.